The maximum atomic E-state index is 8.68. The Morgan fingerprint density at radius 1 is 1.27 bits per heavy atom. The predicted molar refractivity (Wildman–Crippen MR) is 39.4 cm³/mol. The zero-order chi connectivity index (χ0) is 8.24. The summed E-state index contributed by atoms with van der Waals surface area (Å²) in [7, 11) is 3.32. The van der Waals surface area contributed by atoms with Crippen molar-refractivity contribution in [2.75, 3.05) is 27.4 Å². The van der Waals surface area contributed by atoms with Gasteiger partial charge in [-0.05, 0) is 0 Å². The van der Waals surface area contributed by atoms with Gasteiger partial charge in [-0.15, -0.1) is 0 Å². The van der Waals surface area contributed by atoms with Gasteiger partial charge in [-0.25, -0.2) is 0 Å². The van der Waals surface area contributed by atoms with E-state index in [0.717, 1.165) is 0 Å². The van der Waals surface area contributed by atoms with Crippen LogP contribution in [-0.2, 0) is 47.0 Å². The Labute approximate surface area is 93.7 Å². The van der Waals surface area contributed by atoms with E-state index in [9.17, 15) is 0 Å². The number of ether oxygens (including phenoxy) is 2. The third-order valence-corrected chi connectivity index (χ3v) is 0.569. The normalized spacial score (nSPS) is 7.18. The van der Waals surface area contributed by atoms with Gasteiger partial charge >= 0.3 is 0 Å². The van der Waals surface area contributed by atoms with Crippen molar-refractivity contribution in [1.29, 1.82) is 0 Å². The molecule has 0 aliphatic rings. The van der Waals surface area contributed by atoms with Crippen LogP contribution in [0.3, 0.4) is 0 Å². The summed E-state index contributed by atoms with van der Waals surface area (Å²) in [5, 5.41) is 0. The van der Waals surface area contributed by atoms with E-state index < -0.39 is 0 Å². The van der Waals surface area contributed by atoms with Crippen LogP contribution >= 0.6 is 0 Å². The first kappa shape index (κ1) is 17.7. The first-order valence-corrected chi connectivity index (χ1v) is 2.91. The van der Waals surface area contributed by atoms with E-state index in [1.54, 1.807) is 14.2 Å². The molecule has 0 saturated carbocycles. The monoisotopic (exact) mass is 235 g/mol. The third-order valence-electron chi connectivity index (χ3n) is 0.569. The maximum Gasteiger partial charge on any atom is 0.0319 e. The van der Waals surface area contributed by atoms with E-state index in [1.165, 1.54) is 13.2 Å². The summed E-state index contributed by atoms with van der Waals surface area (Å²) in [6.45, 7) is 2.67. The zero-order valence-corrected chi connectivity index (χ0v) is 10.1. The van der Waals surface area contributed by atoms with Gasteiger partial charge in [-0.3, -0.25) is 12.7 Å². The van der Waals surface area contributed by atoms with Crippen LogP contribution in [0, 0.1) is 6.42 Å². The molecule has 0 atom stereocenters. The van der Waals surface area contributed by atoms with Gasteiger partial charge in [0.15, 0.2) is 0 Å². The Balaban J connectivity index is -0.000000140. The minimum Gasteiger partial charge on any atom is -0.542 e. The summed E-state index contributed by atoms with van der Waals surface area (Å²) in [5.74, 6) is 0. The predicted octanol–water partition coefficient (Wildman–Crippen LogP) is 0.597. The molecule has 4 heteroatoms. The van der Waals surface area contributed by atoms with Crippen LogP contribution in [0.2, 0.25) is 0 Å². The van der Waals surface area contributed by atoms with Crippen LogP contribution in [-0.4, -0.2) is 33.7 Å². The fourth-order valence-electron chi connectivity index (χ4n) is 0.284. The molecular weight excluding hydrogens is 221 g/mol. The average molecular weight is 235 g/mol. The summed E-state index contributed by atoms with van der Waals surface area (Å²) >= 11 is 0. The summed E-state index contributed by atoms with van der Waals surface area (Å²) < 4.78 is 9.42. The largest absolute Gasteiger partial charge is 0.542 e. The van der Waals surface area contributed by atoms with Gasteiger partial charge in [0, 0.05) is 46.9 Å². The summed E-state index contributed by atoms with van der Waals surface area (Å²) in [5.41, 5.74) is 0. The first-order valence-electron chi connectivity index (χ1n) is 2.91. The third kappa shape index (κ3) is 36.7. The second-order valence-corrected chi connectivity index (χ2v) is 1.40. The number of hydrogen-bond donors (Lipinski definition) is 0. The van der Waals surface area contributed by atoms with Crippen LogP contribution in [0.5, 0.6) is 0 Å². The molecule has 0 rings (SSSR count). The quantitative estimate of drug-likeness (QED) is 0.528. The summed E-state index contributed by atoms with van der Waals surface area (Å²) in [4.78, 5) is 8.68. The molecule has 0 aromatic carbocycles. The smallest absolute Gasteiger partial charge is 0.0319 e. The van der Waals surface area contributed by atoms with E-state index in [0.29, 0.717) is 13.2 Å². The van der Waals surface area contributed by atoms with Crippen molar-refractivity contribution >= 4 is 6.29 Å². The molecule has 0 amide bonds. The van der Waals surface area contributed by atoms with Crippen molar-refractivity contribution in [3.63, 3.8) is 0 Å². The average Bonchev–Trinajstić information content (AvgIpc) is 1.91. The minimum atomic E-state index is 0. The van der Waals surface area contributed by atoms with Crippen LogP contribution in [0.1, 0.15) is 6.92 Å². The molecule has 0 aromatic heterocycles. The molecule has 1 radical (unpaired) electrons. The topological polar surface area (TPSA) is 35.5 Å². The Morgan fingerprint density at radius 3 is 1.73 bits per heavy atom. The van der Waals surface area contributed by atoms with Gasteiger partial charge in [0.2, 0.25) is 0 Å². The fraction of sp³-hybridized carbons (Fsp3) is 0.714. The van der Waals surface area contributed by atoms with E-state index in [2.05, 4.69) is 0 Å². The number of methoxy groups -OCH3 is 2. The molecule has 3 nitrogen and oxygen atoms in total. The molecule has 11 heavy (non-hydrogen) atoms. The van der Waals surface area contributed by atoms with Crippen LogP contribution in [0.15, 0.2) is 0 Å². The van der Waals surface area contributed by atoms with Gasteiger partial charge in [0.05, 0.1) is 0 Å². The van der Waals surface area contributed by atoms with Crippen molar-refractivity contribution in [2.24, 2.45) is 0 Å². The van der Waals surface area contributed by atoms with Crippen LogP contribution < -0.4 is 0 Å². The summed E-state index contributed by atoms with van der Waals surface area (Å²) in [6, 6.07) is 0. The van der Waals surface area contributed by atoms with Crippen molar-refractivity contribution in [1.82, 2.24) is 0 Å². The molecule has 0 aliphatic carbocycles. The molecular formula is C7H14O3Y-2. The molecule has 0 fully saturated rings. The van der Waals surface area contributed by atoms with E-state index in [4.69, 9.17) is 14.3 Å². The molecule has 0 spiro atoms. The van der Waals surface area contributed by atoms with Gasteiger partial charge in [0.25, 0.3) is 0 Å². The number of carbonyl (C=O) groups excluding carboxylic acids is 1. The number of rotatable bonds is 4. The van der Waals surface area contributed by atoms with E-state index >= 15 is 0 Å². The Hall–Kier alpha value is 0.694. The number of hydrogen-bond acceptors (Lipinski definition) is 3. The van der Waals surface area contributed by atoms with Crippen LogP contribution in [0.25, 0.3) is 0 Å². The molecule has 0 N–H and O–H groups in total. The van der Waals surface area contributed by atoms with Gasteiger partial charge in [0.1, 0.15) is 0 Å². The Kier molecular flexibility index (Phi) is 36.1. The van der Waals surface area contributed by atoms with Crippen molar-refractivity contribution in [2.45, 2.75) is 6.92 Å². The fourth-order valence-corrected chi connectivity index (χ4v) is 0.284. The molecule has 0 heterocycles. The second-order valence-electron chi connectivity index (χ2n) is 1.40. The van der Waals surface area contributed by atoms with Crippen molar-refractivity contribution < 1.29 is 47.0 Å². The van der Waals surface area contributed by atoms with E-state index in [-0.39, 0.29) is 32.7 Å². The maximum absolute atomic E-state index is 8.68. The summed E-state index contributed by atoms with van der Waals surface area (Å²) in [6.07, 6.45) is 3.42. The minimum absolute atomic E-state index is 0. The van der Waals surface area contributed by atoms with Crippen molar-refractivity contribution in [3.05, 3.63) is 6.42 Å². The first-order chi connectivity index (χ1) is 4.83. The van der Waals surface area contributed by atoms with E-state index in [1.807, 2.05) is 6.42 Å². The van der Waals surface area contributed by atoms with Gasteiger partial charge in [-0.1, -0.05) is 13.2 Å². The Bertz CT molecular complexity index is 55.6. The van der Waals surface area contributed by atoms with Gasteiger partial charge < -0.3 is 14.3 Å². The Morgan fingerprint density at radius 2 is 1.55 bits per heavy atom. The van der Waals surface area contributed by atoms with Crippen molar-refractivity contribution in [3.8, 4) is 0 Å². The second kappa shape index (κ2) is 22.4. The zero-order valence-electron chi connectivity index (χ0n) is 7.29. The van der Waals surface area contributed by atoms with Crippen LogP contribution in [0.4, 0.5) is 0 Å². The van der Waals surface area contributed by atoms with Gasteiger partial charge in [-0.2, -0.15) is 6.92 Å². The molecule has 0 unspecified atom stereocenters. The molecule has 0 bridgehead atoms. The molecule has 0 aliphatic heterocycles. The molecule has 65 valence electrons. The standard InChI is InChI=1S/C5H11O2.C2H3O.Y/c1-6-4-3-5-7-2;1-2-3;/h3H,4-5H2,1-2H3;1H3;/q2*-1;. The molecule has 0 aromatic rings. The molecule has 0 saturated heterocycles. The SMILES string of the molecule is COC[CH-]COC.C[C-]=O.[Y].